The average Bonchev–Trinajstić information content (AvgIpc) is 3.33. The molecule has 1 aliphatic carbocycles. The minimum atomic E-state index is -0.712. The van der Waals surface area contributed by atoms with Crippen molar-refractivity contribution < 1.29 is 28.7 Å². The fourth-order valence-corrected chi connectivity index (χ4v) is 5.29. The largest absolute Gasteiger partial charge is 0.462 e. The lowest BCUT2D eigenvalue weighted by Crippen LogP contribution is -2.21. The van der Waals surface area contributed by atoms with Gasteiger partial charge in [-0.3, -0.25) is 9.59 Å². The minimum Gasteiger partial charge on any atom is -0.462 e. The molecular weight excluding hydrogens is 416 g/mol. The summed E-state index contributed by atoms with van der Waals surface area (Å²) in [6, 6.07) is 1.81. The van der Waals surface area contributed by atoms with Crippen LogP contribution in [-0.4, -0.2) is 37.0 Å². The van der Waals surface area contributed by atoms with Gasteiger partial charge in [0, 0.05) is 4.88 Å². The van der Waals surface area contributed by atoms with Gasteiger partial charge in [-0.15, -0.1) is 22.7 Å². The Labute approximate surface area is 175 Å². The van der Waals surface area contributed by atoms with Crippen molar-refractivity contribution in [2.75, 3.05) is 18.5 Å². The van der Waals surface area contributed by atoms with E-state index in [1.54, 1.807) is 13.8 Å². The molecule has 0 aliphatic heterocycles. The van der Waals surface area contributed by atoms with Crippen molar-refractivity contribution >= 4 is 51.4 Å². The lowest BCUT2D eigenvalue weighted by atomic mass is 10.1. The molecule has 2 amide bonds. The molecule has 154 valence electrons. The molecule has 3 rings (SSSR count). The van der Waals surface area contributed by atoms with E-state index in [9.17, 15) is 19.2 Å². The quantitative estimate of drug-likeness (QED) is 0.643. The number of nitrogens with one attached hydrogen (secondary N) is 1. The molecule has 2 aromatic heterocycles. The van der Waals surface area contributed by atoms with E-state index < -0.39 is 30.4 Å². The minimum absolute atomic E-state index is 0.0695. The highest BCUT2D eigenvalue weighted by Gasteiger charge is 2.26. The number of carbonyl (C=O) groups excluding carboxylic acids is 4. The summed E-state index contributed by atoms with van der Waals surface area (Å²) in [6.07, 6.45) is 3.01. The number of fused-ring (bicyclic) bond motifs is 1. The average molecular weight is 437 g/mol. The molecule has 0 atom stereocenters. The summed E-state index contributed by atoms with van der Waals surface area (Å²) in [5.74, 6) is -2.58. The fourth-order valence-electron chi connectivity index (χ4n) is 3.08. The first kappa shape index (κ1) is 21.0. The van der Waals surface area contributed by atoms with E-state index in [1.807, 2.05) is 6.07 Å². The second-order valence-corrected chi connectivity index (χ2v) is 8.54. The zero-order valence-electron chi connectivity index (χ0n) is 16.0. The highest BCUT2D eigenvalue weighted by molar-refractivity contribution is 7.18. The summed E-state index contributed by atoms with van der Waals surface area (Å²) in [7, 11) is 0. The van der Waals surface area contributed by atoms with Crippen molar-refractivity contribution in [3.63, 3.8) is 0 Å². The van der Waals surface area contributed by atoms with Gasteiger partial charge < -0.3 is 20.5 Å². The molecule has 0 saturated carbocycles. The number of carbonyl (C=O) groups is 4. The van der Waals surface area contributed by atoms with E-state index in [0.29, 0.717) is 10.4 Å². The van der Waals surface area contributed by atoms with Crippen molar-refractivity contribution in [2.24, 2.45) is 5.73 Å². The molecule has 0 saturated heterocycles. The van der Waals surface area contributed by atoms with E-state index in [0.717, 1.165) is 30.6 Å². The van der Waals surface area contributed by atoms with E-state index in [1.165, 1.54) is 21.8 Å². The summed E-state index contributed by atoms with van der Waals surface area (Å²) in [6.45, 7) is 2.81. The van der Waals surface area contributed by atoms with Crippen molar-refractivity contribution in [3.8, 4) is 0 Å². The maximum Gasteiger partial charge on any atom is 0.348 e. The Kier molecular flexibility index (Phi) is 6.33. The number of aryl methyl sites for hydroxylation is 2. The Balaban J connectivity index is 1.67. The van der Waals surface area contributed by atoms with Gasteiger partial charge in [0.05, 0.1) is 17.0 Å². The van der Waals surface area contributed by atoms with Gasteiger partial charge in [-0.1, -0.05) is 0 Å². The number of rotatable bonds is 7. The lowest BCUT2D eigenvalue weighted by Gasteiger charge is -2.07. The second kappa shape index (κ2) is 8.75. The van der Waals surface area contributed by atoms with Gasteiger partial charge in [0.25, 0.3) is 11.8 Å². The van der Waals surface area contributed by atoms with Crippen molar-refractivity contribution in [2.45, 2.75) is 33.1 Å². The third-order valence-corrected chi connectivity index (χ3v) is 6.82. The topological polar surface area (TPSA) is 125 Å². The predicted molar refractivity (Wildman–Crippen MR) is 109 cm³/mol. The molecule has 3 N–H and O–H groups in total. The van der Waals surface area contributed by atoms with Crippen LogP contribution in [0.1, 0.15) is 59.0 Å². The van der Waals surface area contributed by atoms with Crippen LogP contribution in [0.4, 0.5) is 5.00 Å². The number of anilines is 1. The number of hydrogen-bond donors (Lipinski definition) is 2. The van der Waals surface area contributed by atoms with E-state index in [2.05, 4.69) is 5.32 Å². The first-order valence-corrected chi connectivity index (χ1v) is 10.6. The fraction of sp³-hybridized carbons (Fsp3) is 0.368. The smallest absolute Gasteiger partial charge is 0.348 e. The Morgan fingerprint density at radius 1 is 1.14 bits per heavy atom. The van der Waals surface area contributed by atoms with Gasteiger partial charge in [-0.2, -0.15) is 0 Å². The molecular formula is C19H20N2O6S2. The maximum atomic E-state index is 12.3. The van der Waals surface area contributed by atoms with Crippen molar-refractivity contribution in [1.29, 1.82) is 0 Å². The molecule has 0 fully saturated rings. The van der Waals surface area contributed by atoms with E-state index in [-0.39, 0.29) is 22.0 Å². The number of nitrogens with two attached hydrogens (primary N) is 1. The highest BCUT2D eigenvalue weighted by Crippen LogP contribution is 2.34. The van der Waals surface area contributed by atoms with E-state index in [4.69, 9.17) is 15.2 Å². The number of amides is 2. The molecule has 2 aromatic rings. The van der Waals surface area contributed by atoms with Crippen LogP contribution in [-0.2, 0) is 27.1 Å². The number of hydrogen-bond acceptors (Lipinski definition) is 8. The Bertz CT molecular complexity index is 970. The van der Waals surface area contributed by atoms with Crippen molar-refractivity contribution in [3.05, 3.63) is 37.4 Å². The number of thiophene rings is 2. The van der Waals surface area contributed by atoms with Gasteiger partial charge in [-0.25, -0.2) is 9.59 Å². The summed E-state index contributed by atoms with van der Waals surface area (Å²) in [5.41, 5.74) is 6.90. The number of esters is 2. The van der Waals surface area contributed by atoms with Gasteiger partial charge in [0.2, 0.25) is 0 Å². The summed E-state index contributed by atoms with van der Waals surface area (Å²) in [5, 5.41) is 2.64. The second-order valence-electron chi connectivity index (χ2n) is 6.38. The van der Waals surface area contributed by atoms with Gasteiger partial charge in [0.15, 0.2) is 6.61 Å². The Morgan fingerprint density at radius 3 is 2.55 bits per heavy atom. The number of primary amides is 1. The SMILES string of the molecule is CCOC(=O)c1c(NC(=O)COC(=O)c2cc3c(s2)CCC3)sc(C(N)=O)c1C. The van der Waals surface area contributed by atoms with Crippen LogP contribution in [0.2, 0.25) is 0 Å². The highest BCUT2D eigenvalue weighted by atomic mass is 32.1. The van der Waals surface area contributed by atoms with Crippen LogP contribution in [0, 0.1) is 6.92 Å². The lowest BCUT2D eigenvalue weighted by molar-refractivity contribution is -0.119. The third kappa shape index (κ3) is 4.48. The van der Waals surface area contributed by atoms with Crippen LogP contribution in [0.25, 0.3) is 0 Å². The molecule has 0 aromatic carbocycles. The zero-order chi connectivity index (χ0) is 21.1. The summed E-state index contributed by atoms with van der Waals surface area (Å²) < 4.78 is 10.1. The third-order valence-electron chi connectivity index (χ3n) is 4.39. The standard InChI is InChI=1S/C19H20N2O6S2/c1-3-26-19(25)14-9(2)15(16(20)23)29-17(14)21-13(22)8-27-18(24)12-7-10-5-4-6-11(10)28-12/h7H,3-6,8H2,1-2H3,(H2,20,23)(H,21,22). The van der Waals surface area contributed by atoms with Gasteiger partial charge in [-0.05, 0) is 50.3 Å². The van der Waals surface area contributed by atoms with Crippen LogP contribution in [0.5, 0.6) is 0 Å². The van der Waals surface area contributed by atoms with Crippen LogP contribution in [0.15, 0.2) is 6.07 Å². The molecule has 0 unspecified atom stereocenters. The Morgan fingerprint density at radius 2 is 1.90 bits per heavy atom. The molecule has 29 heavy (non-hydrogen) atoms. The van der Waals surface area contributed by atoms with Gasteiger partial charge in [0.1, 0.15) is 9.88 Å². The first-order valence-electron chi connectivity index (χ1n) is 9.00. The van der Waals surface area contributed by atoms with Crippen LogP contribution in [0.3, 0.4) is 0 Å². The van der Waals surface area contributed by atoms with Crippen LogP contribution < -0.4 is 11.1 Å². The molecule has 10 heteroatoms. The zero-order valence-corrected chi connectivity index (χ0v) is 17.6. The van der Waals surface area contributed by atoms with Crippen molar-refractivity contribution in [1.82, 2.24) is 0 Å². The van der Waals surface area contributed by atoms with Gasteiger partial charge >= 0.3 is 11.9 Å². The number of ether oxygens (including phenoxy) is 2. The summed E-state index contributed by atoms with van der Waals surface area (Å²) in [4.78, 5) is 50.1. The molecule has 1 aliphatic rings. The molecule has 8 nitrogen and oxygen atoms in total. The molecule has 2 heterocycles. The van der Waals surface area contributed by atoms with E-state index >= 15 is 0 Å². The Hall–Kier alpha value is -2.72. The summed E-state index contributed by atoms with van der Waals surface area (Å²) >= 11 is 2.27. The predicted octanol–water partition coefficient (Wildman–Crippen LogP) is 2.68. The van der Waals surface area contributed by atoms with Crippen LogP contribution >= 0.6 is 22.7 Å². The first-order chi connectivity index (χ1) is 13.8. The normalized spacial score (nSPS) is 12.3. The monoisotopic (exact) mass is 436 g/mol. The maximum absolute atomic E-state index is 12.3. The molecule has 0 radical (unpaired) electrons. The molecule has 0 bridgehead atoms. The molecule has 0 spiro atoms.